The number of ether oxygens (including phenoxy) is 1. The molecule has 13 aromatic rings. The average molecular weight is 1250 g/mol. The largest absolute Gasteiger partial charge is 0.457 e. The molecule has 1 aliphatic heterocycles. The maximum atomic E-state index is 8.34. The lowest BCUT2D eigenvalue weighted by Crippen LogP contribution is -2.26. The topological polar surface area (TPSA) is 33.5 Å². The van der Waals surface area contributed by atoms with E-state index < -0.39 is 12.3 Å². The molecule has 11 aromatic carbocycles. The zero-order valence-electron chi connectivity index (χ0n) is 60.3. The van der Waals surface area contributed by atoms with Crippen LogP contribution in [-0.2, 0) is 28.1 Å². The monoisotopic (exact) mass is 1250 g/mol. The van der Waals surface area contributed by atoms with Crippen LogP contribution in [0.25, 0.3) is 83.3 Å². The lowest BCUT2D eigenvalue weighted by atomic mass is 9.70. The Hall–Kier alpha value is -10.2. The van der Waals surface area contributed by atoms with E-state index in [0.717, 1.165) is 90.2 Å². The number of benzene rings is 11. The summed E-state index contributed by atoms with van der Waals surface area (Å²) in [6.45, 7) is 25.9. The zero-order chi connectivity index (χ0) is 68.9. The third-order valence-corrected chi connectivity index (χ3v) is 20.4. The quantitative estimate of drug-likeness (QED) is 0.144. The number of anilines is 4. The first-order valence-electron chi connectivity index (χ1n) is 35.6. The van der Waals surface area contributed by atoms with Gasteiger partial charge >= 0.3 is 0 Å². The van der Waals surface area contributed by atoms with Crippen molar-refractivity contribution < 1.29 is 8.85 Å². The summed E-state index contributed by atoms with van der Waals surface area (Å²) >= 11 is 0. The molecule has 0 saturated heterocycles. The Balaban J connectivity index is 0.906. The summed E-state index contributed by atoms with van der Waals surface area (Å²) in [5.41, 5.74) is 26.5. The van der Waals surface area contributed by atoms with Crippen molar-refractivity contribution in [1.82, 2.24) is 9.55 Å². The molecule has 5 nitrogen and oxygen atoms in total. The van der Waals surface area contributed by atoms with E-state index in [0.29, 0.717) is 18.0 Å². The van der Waals surface area contributed by atoms with Crippen molar-refractivity contribution in [2.24, 2.45) is 5.41 Å². The first-order valence-corrected chi connectivity index (χ1v) is 34.1. The van der Waals surface area contributed by atoms with Gasteiger partial charge in [-0.15, -0.1) is 0 Å². The highest BCUT2D eigenvalue weighted by molar-refractivity contribution is 6.20. The van der Waals surface area contributed by atoms with Crippen LogP contribution in [0.3, 0.4) is 0 Å². The average Bonchev–Trinajstić information content (AvgIpc) is 1.49. The van der Waals surface area contributed by atoms with Gasteiger partial charge in [-0.25, -0.2) is 4.98 Å². The lowest BCUT2D eigenvalue weighted by molar-refractivity contribution is 0.412. The van der Waals surface area contributed by atoms with Crippen LogP contribution in [0, 0.1) is 12.3 Å². The number of nitrogens with zero attached hydrogens (tertiary/aromatic N) is 4. The van der Waals surface area contributed by atoms with Gasteiger partial charge in [0.05, 0.1) is 33.5 Å². The maximum absolute atomic E-state index is 8.34. The lowest BCUT2D eigenvalue weighted by Gasteiger charge is -2.32. The Morgan fingerprint density at radius 2 is 1.05 bits per heavy atom. The number of rotatable bonds is 9. The molecule has 2 aromatic heterocycles. The fourth-order valence-corrected chi connectivity index (χ4v) is 16.0. The van der Waals surface area contributed by atoms with E-state index in [-0.39, 0.29) is 21.7 Å². The standard InChI is InChI=1S/C91H84N4O/c1-57-29-26-31-58(47-57)72-55-92-82(52-76(72)90(11,12)13)95-77-44-23-19-38-71(77)83-80(95)53-81(85-84(83)70-37-18-22-43-75(70)91(85)73-41-20-16-35-67(73)68-36-17-21-42-74(68)91)96-64-33-27-32-63(51-64)93-56-94(79-46-25-24-45-78(79)93)86-66(60-48-61(88(5,6)7)50-62(49-60)89(8,9)10)39-28-40-69(86)65-34-15-14-30-59(65)54-87(2,3)4/h14-53,55H,54,56H2,1-13H3/i1D3. The van der Waals surface area contributed by atoms with Gasteiger partial charge in [0.1, 0.15) is 24.0 Å². The van der Waals surface area contributed by atoms with Crippen molar-refractivity contribution in [3.63, 3.8) is 0 Å². The first-order chi connectivity index (χ1) is 47.3. The Bertz CT molecular complexity index is 5350. The van der Waals surface area contributed by atoms with E-state index in [2.05, 4.69) is 316 Å². The predicted molar refractivity (Wildman–Crippen MR) is 404 cm³/mol. The summed E-state index contributed by atoms with van der Waals surface area (Å²) in [6.07, 6.45) is 2.87. The Morgan fingerprint density at radius 1 is 0.469 bits per heavy atom. The van der Waals surface area contributed by atoms with Crippen LogP contribution in [0.5, 0.6) is 11.5 Å². The van der Waals surface area contributed by atoms with Crippen molar-refractivity contribution >= 4 is 44.6 Å². The van der Waals surface area contributed by atoms with E-state index in [1.165, 1.54) is 72.4 Å². The van der Waals surface area contributed by atoms with Gasteiger partial charge in [-0.3, -0.25) is 4.57 Å². The molecule has 16 rings (SSSR count). The minimum atomic E-state index is -2.26. The molecule has 3 heterocycles. The molecule has 0 radical (unpaired) electrons. The molecule has 0 fully saturated rings. The van der Waals surface area contributed by atoms with Gasteiger partial charge in [0.25, 0.3) is 0 Å². The van der Waals surface area contributed by atoms with Crippen molar-refractivity contribution in [3.05, 3.63) is 299 Å². The third-order valence-electron chi connectivity index (χ3n) is 20.4. The molecule has 2 aliphatic carbocycles. The number of hydrogen-bond acceptors (Lipinski definition) is 4. The van der Waals surface area contributed by atoms with Crippen LogP contribution in [0.15, 0.2) is 249 Å². The van der Waals surface area contributed by atoms with E-state index in [1.54, 1.807) is 12.1 Å². The molecule has 474 valence electrons. The summed E-state index contributed by atoms with van der Waals surface area (Å²) in [4.78, 5) is 10.4. The molecule has 3 aliphatic rings. The van der Waals surface area contributed by atoms with E-state index in [1.807, 2.05) is 18.3 Å². The molecule has 96 heavy (non-hydrogen) atoms. The number of aromatic nitrogens is 2. The highest BCUT2D eigenvalue weighted by atomic mass is 16.5. The van der Waals surface area contributed by atoms with E-state index in [4.69, 9.17) is 13.8 Å². The van der Waals surface area contributed by atoms with Gasteiger partial charge in [0.15, 0.2) is 0 Å². The van der Waals surface area contributed by atoms with Crippen molar-refractivity contribution in [3.8, 4) is 73.0 Å². The number of pyridine rings is 1. The predicted octanol–water partition coefficient (Wildman–Crippen LogP) is 24.4. The molecule has 0 unspecified atom stereocenters. The highest BCUT2D eigenvalue weighted by Gasteiger charge is 2.54. The molecular weight excluding hydrogens is 1170 g/mol. The first kappa shape index (κ1) is 57.2. The van der Waals surface area contributed by atoms with Gasteiger partial charge in [-0.2, -0.15) is 0 Å². The SMILES string of the molecule is [2H]C([2H])([2H])c1cccc(-c2cnc(-n3c4ccccc4c4c5c(c(Oc6cccc(N7CN(c8c(-c9cc(C(C)(C)C)cc(C(C)(C)C)c9)cccc8-c8ccccc8CC(C)(C)C)c8ccccc87)c6)cc43)C3(c4ccccc4-c4ccccc43)c3ccccc3-5)cc2C(C)(C)C)c1. The summed E-state index contributed by atoms with van der Waals surface area (Å²) in [6, 6.07) is 88.6. The van der Waals surface area contributed by atoms with Gasteiger partial charge < -0.3 is 14.5 Å². The highest BCUT2D eigenvalue weighted by Crippen LogP contribution is 2.67. The summed E-state index contributed by atoms with van der Waals surface area (Å²) in [5.74, 6) is 2.21. The maximum Gasteiger partial charge on any atom is 0.137 e. The second kappa shape index (κ2) is 22.2. The van der Waals surface area contributed by atoms with Gasteiger partial charge in [-0.05, 0) is 144 Å². The molecule has 5 heteroatoms. The Labute approximate surface area is 571 Å². The van der Waals surface area contributed by atoms with Crippen molar-refractivity contribution in [2.45, 2.75) is 118 Å². The normalized spacial score (nSPS) is 14.5. The zero-order valence-corrected chi connectivity index (χ0v) is 57.3. The number of hydrogen-bond donors (Lipinski definition) is 0. The molecule has 0 bridgehead atoms. The second-order valence-corrected chi connectivity index (χ2v) is 31.2. The van der Waals surface area contributed by atoms with E-state index >= 15 is 0 Å². The van der Waals surface area contributed by atoms with E-state index in [9.17, 15) is 0 Å². The molecule has 0 saturated carbocycles. The minimum absolute atomic E-state index is 0.0574. The molecule has 0 N–H and O–H groups in total. The number of aryl methyl sites for hydroxylation is 1. The van der Waals surface area contributed by atoms with Gasteiger partial charge in [0.2, 0.25) is 0 Å². The third kappa shape index (κ3) is 9.82. The van der Waals surface area contributed by atoms with Gasteiger partial charge in [0, 0.05) is 66.7 Å². The summed E-state index contributed by atoms with van der Waals surface area (Å²) in [7, 11) is 0. The number of fused-ring (bicyclic) bond motifs is 15. The Morgan fingerprint density at radius 3 is 1.73 bits per heavy atom. The van der Waals surface area contributed by atoms with Crippen LogP contribution in [0.1, 0.15) is 137 Å². The van der Waals surface area contributed by atoms with Crippen LogP contribution >= 0.6 is 0 Å². The summed E-state index contributed by atoms with van der Waals surface area (Å²) < 4.78 is 35.3. The van der Waals surface area contributed by atoms with Crippen molar-refractivity contribution in [2.75, 3.05) is 16.5 Å². The molecule has 1 spiro atoms. The number of para-hydroxylation sites is 4. The van der Waals surface area contributed by atoms with Crippen LogP contribution in [-0.4, -0.2) is 16.2 Å². The van der Waals surface area contributed by atoms with Gasteiger partial charge in [-0.1, -0.05) is 283 Å². The fraction of sp³-hybridized carbons (Fsp3) is 0.220. The molecule has 0 atom stereocenters. The van der Waals surface area contributed by atoms with Crippen LogP contribution in [0.2, 0.25) is 0 Å². The van der Waals surface area contributed by atoms with Crippen LogP contribution in [0.4, 0.5) is 22.7 Å². The smallest absolute Gasteiger partial charge is 0.137 e. The minimum Gasteiger partial charge on any atom is -0.457 e. The molecule has 0 amide bonds. The fourth-order valence-electron chi connectivity index (χ4n) is 16.0. The molecular formula is C91H84N4O. The Kier molecular flexibility index (Phi) is 13.2. The van der Waals surface area contributed by atoms with Crippen molar-refractivity contribution in [1.29, 1.82) is 0 Å². The van der Waals surface area contributed by atoms with Crippen LogP contribution < -0.4 is 14.5 Å². The second-order valence-electron chi connectivity index (χ2n) is 31.2. The summed E-state index contributed by atoms with van der Waals surface area (Å²) in [5, 5.41) is 2.23.